The molecule has 6 rings (SSSR count). The highest BCUT2D eigenvalue weighted by atomic mass is 16.3. The minimum atomic E-state index is -0.906. The lowest BCUT2D eigenvalue weighted by molar-refractivity contribution is -0.127. The van der Waals surface area contributed by atoms with Gasteiger partial charge < -0.3 is 5.11 Å². The van der Waals surface area contributed by atoms with Gasteiger partial charge in [0.2, 0.25) is 5.78 Å². The summed E-state index contributed by atoms with van der Waals surface area (Å²) in [6.45, 7) is 4.84. The maximum atomic E-state index is 11.2. The highest BCUT2D eigenvalue weighted by molar-refractivity contribution is 5.36. The molecule has 2 aromatic heterocycles. The fourth-order valence-corrected chi connectivity index (χ4v) is 8.29. The van der Waals surface area contributed by atoms with E-state index in [1.54, 1.807) is 0 Å². The van der Waals surface area contributed by atoms with E-state index in [-0.39, 0.29) is 5.41 Å². The lowest BCUT2D eigenvalue weighted by Crippen LogP contribution is -2.56. The molecule has 0 radical (unpaired) electrons. The van der Waals surface area contributed by atoms with Gasteiger partial charge in [-0.05, 0) is 86.0 Å². The molecular formula is C25H31N3O. The van der Waals surface area contributed by atoms with E-state index in [0.717, 1.165) is 43.8 Å². The first-order valence-electron chi connectivity index (χ1n) is 11.4. The van der Waals surface area contributed by atoms with Crippen LogP contribution in [0.5, 0.6) is 0 Å². The molecule has 4 aliphatic carbocycles. The molecule has 152 valence electrons. The third kappa shape index (κ3) is 2.15. The van der Waals surface area contributed by atoms with Crippen LogP contribution in [0.1, 0.15) is 63.6 Å². The van der Waals surface area contributed by atoms with Gasteiger partial charge in [-0.15, -0.1) is 6.42 Å². The third-order valence-corrected chi connectivity index (χ3v) is 10.0. The Balaban J connectivity index is 1.37. The van der Waals surface area contributed by atoms with Gasteiger partial charge in [0, 0.05) is 29.7 Å². The van der Waals surface area contributed by atoms with Crippen molar-refractivity contribution < 1.29 is 5.11 Å². The van der Waals surface area contributed by atoms with Gasteiger partial charge in [-0.1, -0.05) is 19.8 Å². The summed E-state index contributed by atoms with van der Waals surface area (Å²) >= 11 is 0. The molecule has 0 aromatic carbocycles. The van der Waals surface area contributed by atoms with Crippen LogP contribution in [0.2, 0.25) is 0 Å². The summed E-state index contributed by atoms with van der Waals surface area (Å²) in [6.07, 6.45) is 20.9. The Bertz CT molecular complexity index is 1040. The van der Waals surface area contributed by atoms with Crippen molar-refractivity contribution in [2.24, 2.45) is 34.5 Å². The van der Waals surface area contributed by atoms with E-state index in [1.807, 2.05) is 12.4 Å². The van der Waals surface area contributed by atoms with Crippen LogP contribution in [0.3, 0.4) is 0 Å². The van der Waals surface area contributed by atoms with Crippen LogP contribution in [-0.4, -0.2) is 25.1 Å². The van der Waals surface area contributed by atoms with Crippen molar-refractivity contribution in [3.63, 3.8) is 0 Å². The Morgan fingerprint density at radius 1 is 1.17 bits per heavy atom. The first-order chi connectivity index (χ1) is 13.9. The quantitative estimate of drug-likeness (QED) is 0.692. The fraction of sp³-hybridized carbons (Fsp3) is 0.680. The van der Waals surface area contributed by atoms with Gasteiger partial charge >= 0.3 is 0 Å². The second-order valence-electron chi connectivity index (χ2n) is 10.9. The van der Waals surface area contributed by atoms with E-state index >= 15 is 0 Å². The monoisotopic (exact) mass is 389 g/mol. The van der Waals surface area contributed by atoms with Crippen molar-refractivity contribution in [1.29, 1.82) is 0 Å². The number of terminal acetylenes is 1. The summed E-state index contributed by atoms with van der Waals surface area (Å²) in [7, 11) is 0. The van der Waals surface area contributed by atoms with E-state index in [2.05, 4.69) is 35.3 Å². The molecule has 0 amide bonds. The van der Waals surface area contributed by atoms with Gasteiger partial charge in [-0.2, -0.15) is 0 Å². The maximum absolute atomic E-state index is 11.2. The van der Waals surface area contributed by atoms with E-state index in [9.17, 15) is 5.11 Å². The molecule has 4 nitrogen and oxygen atoms in total. The number of hydrogen-bond acceptors (Lipinski definition) is 3. The van der Waals surface area contributed by atoms with Crippen LogP contribution in [0.25, 0.3) is 5.78 Å². The van der Waals surface area contributed by atoms with Gasteiger partial charge in [0.1, 0.15) is 5.60 Å². The smallest absolute Gasteiger partial charge is 0.233 e. The largest absolute Gasteiger partial charge is 0.377 e. The molecule has 2 heterocycles. The molecule has 2 aromatic rings. The second-order valence-corrected chi connectivity index (χ2v) is 10.9. The molecule has 4 aliphatic rings. The molecule has 29 heavy (non-hydrogen) atoms. The standard InChI is InChI=1S/C25H31N3O/c1-4-25(29)10-8-20-18-6-5-17-13-21-16(15-28-12-11-26-22(28)27-21)14-23(17,2)19(18)7-9-24(20,25)3/h1,11-12,15,17-20,29H,5-10,13-14H2,2-3H3/t17?,18?,19?,20?,23-,24-,25-/m0/s1. The molecule has 0 aliphatic heterocycles. The molecule has 4 unspecified atom stereocenters. The first kappa shape index (κ1) is 18.0. The molecular weight excluding hydrogens is 358 g/mol. The number of hydrogen-bond donors (Lipinski definition) is 1. The van der Waals surface area contributed by atoms with Crippen molar-refractivity contribution >= 4 is 5.78 Å². The van der Waals surface area contributed by atoms with Gasteiger partial charge in [-0.3, -0.25) is 4.40 Å². The van der Waals surface area contributed by atoms with Crippen LogP contribution >= 0.6 is 0 Å². The van der Waals surface area contributed by atoms with Gasteiger partial charge in [0.15, 0.2) is 0 Å². The van der Waals surface area contributed by atoms with Crippen molar-refractivity contribution in [1.82, 2.24) is 14.4 Å². The summed E-state index contributed by atoms with van der Waals surface area (Å²) in [6, 6.07) is 0. The SMILES string of the molecule is C#C[C@]1(O)CCC2C3CCC4Cc5nc6nccn6cc5C[C@]4(C)C3CC[C@@]21C. The summed E-state index contributed by atoms with van der Waals surface area (Å²) in [4.78, 5) is 9.28. The van der Waals surface area contributed by atoms with Crippen LogP contribution in [0, 0.1) is 46.8 Å². The zero-order chi connectivity index (χ0) is 20.0. The maximum Gasteiger partial charge on any atom is 0.233 e. The van der Waals surface area contributed by atoms with Crippen molar-refractivity contribution in [2.45, 2.75) is 70.8 Å². The van der Waals surface area contributed by atoms with Crippen LogP contribution in [0.15, 0.2) is 18.6 Å². The number of imidazole rings is 1. The highest BCUT2D eigenvalue weighted by Crippen LogP contribution is 2.67. The molecule has 7 atom stereocenters. The summed E-state index contributed by atoms with van der Waals surface area (Å²) < 4.78 is 2.07. The molecule has 4 heteroatoms. The number of fused-ring (bicyclic) bond motifs is 7. The zero-order valence-corrected chi connectivity index (χ0v) is 17.6. The summed E-state index contributed by atoms with van der Waals surface area (Å²) in [5, 5.41) is 11.2. The molecule has 0 spiro atoms. The Morgan fingerprint density at radius 3 is 2.83 bits per heavy atom. The summed E-state index contributed by atoms with van der Waals surface area (Å²) in [5.41, 5.74) is 1.99. The van der Waals surface area contributed by atoms with E-state index in [1.165, 1.54) is 30.5 Å². The molecule has 0 bridgehead atoms. The lowest BCUT2D eigenvalue weighted by Gasteiger charge is -2.60. The number of aromatic nitrogens is 3. The predicted molar refractivity (Wildman–Crippen MR) is 112 cm³/mol. The fourth-order valence-electron chi connectivity index (χ4n) is 8.29. The average Bonchev–Trinajstić information content (AvgIpc) is 3.26. The van der Waals surface area contributed by atoms with E-state index in [0.29, 0.717) is 23.2 Å². The third-order valence-electron chi connectivity index (χ3n) is 10.0. The van der Waals surface area contributed by atoms with Gasteiger partial charge in [0.05, 0.1) is 0 Å². The van der Waals surface area contributed by atoms with Crippen molar-refractivity contribution in [3.8, 4) is 12.3 Å². The van der Waals surface area contributed by atoms with E-state index in [4.69, 9.17) is 11.4 Å². The highest BCUT2D eigenvalue weighted by Gasteiger charge is 2.64. The average molecular weight is 390 g/mol. The number of rotatable bonds is 0. The molecule has 0 saturated heterocycles. The Morgan fingerprint density at radius 2 is 2.00 bits per heavy atom. The second kappa shape index (κ2) is 5.64. The molecule has 1 N–H and O–H groups in total. The van der Waals surface area contributed by atoms with Crippen LogP contribution in [0.4, 0.5) is 0 Å². The van der Waals surface area contributed by atoms with Crippen molar-refractivity contribution in [2.75, 3.05) is 0 Å². The van der Waals surface area contributed by atoms with E-state index < -0.39 is 5.60 Å². The molecule has 3 fully saturated rings. The summed E-state index contributed by atoms with van der Waals surface area (Å²) in [5.74, 6) is 6.33. The Labute approximate surface area is 173 Å². The minimum Gasteiger partial charge on any atom is -0.377 e. The van der Waals surface area contributed by atoms with Crippen LogP contribution in [-0.2, 0) is 12.8 Å². The topological polar surface area (TPSA) is 50.4 Å². The van der Waals surface area contributed by atoms with Crippen molar-refractivity contribution in [3.05, 3.63) is 29.8 Å². The van der Waals surface area contributed by atoms with Crippen LogP contribution < -0.4 is 0 Å². The van der Waals surface area contributed by atoms with Gasteiger partial charge in [-0.25, -0.2) is 9.97 Å². The Kier molecular flexibility index (Phi) is 3.49. The zero-order valence-electron chi connectivity index (χ0n) is 17.6. The lowest BCUT2D eigenvalue weighted by atomic mass is 9.44. The number of nitrogens with zero attached hydrogens (tertiary/aromatic N) is 3. The normalized spacial score (nSPS) is 45.7. The minimum absolute atomic E-state index is 0.108. The predicted octanol–water partition coefficient (Wildman–Crippen LogP) is 4.05. The van der Waals surface area contributed by atoms with Gasteiger partial charge in [0.25, 0.3) is 0 Å². The number of aliphatic hydroxyl groups is 1. The Hall–Kier alpha value is -1.86. The molecule has 3 saturated carbocycles. The first-order valence-corrected chi connectivity index (χ1v) is 11.4.